The first kappa shape index (κ1) is 19.7. The van der Waals surface area contributed by atoms with Crippen LogP contribution in [0.3, 0.4) is 0 Å². The first-order valence-corrected chi connectivity index (χ1v) is 9.32. The molecule has 1 heterocycles. The zero-order chi connectivity index (χ0) is 19.8. The summed E-state index contributed by atoms with van der Waals surface area (Å²) in [6.45, 7) is 6.08. The number of carbonyl (C=O) groups is 1. The van der Waals surface area contributed by atoms with Crippen molar-refractivity contribution in [1.29, 1.82) is 0 Å². The van der Waals surface area contributed by atoms with Crippen LogP contribution in [0.25, 0.3) is 5.69 Å². The van der Waals surface area contributed by atoms with Gasteiger partial charge < -0.3 is 4.74 Å². The molecule has 27 heavy (non-hydrogen) atoms. The summed E-state index contributed by atoms with van der Waals surface area (Å²) in [4.78, 5) is 12.6. The lowest BCUT2D eigenvalue weighted by Gasteiger charge is -2.13. The molecule has 0 fully saturated rings. The summed E-state index contributed by atoms with van der Waals surface area (Å²) in [5.74, 6) is -0.321. The molecule has 0 amide bonds. The Labute approximate surface area is 172 Å². The summed E-state index contributed by atoms with van der Waals surface area (Å²) in [6, 6.07) is 13.5. The molecule has 0 saturated heterocycles. The Morgan fingerprint density at radius 3 is 2.33 bits per heavy atom. The molecular formula is C20H17Cl3N2O2. The first-order valence-electron chi connectivity index (χ1n) is 8.19. The minimum absolute atomic E-state index is 0.220. The van der Waals surface area contributed by atoms with Crippen LogP contribution in [0.5, 0.6) is 5.88 Å². The molecule has 0 aliphatic carbocycles. The summed E-state index contributed by atoms with van der Waals surface area (Å²) < 4.78 is 7.16. The van der Waals surface area contributed by atoms with Gasteiger partial charge in [-0.2, -0.15) is 5.10 Å². The Balaban J connectivity index is 2.03. The Morgan fingerprint density at radius 1 is 1.00 bits per heavy atom. The lowest BCUT2D eigenvalue weighted by molar-refractivity contribution is 0.0723. The molecule has 3 rings (SSSR count). The van der Waals surface area contributed by atoms with Gasteiger partial charge in [-0.1, -0.05) is 61.6 Å². The fraction of sp³-hybridized carbons (Fsp3) is 0.200. The van der Waals surface area contributed by atoms with Crippen molar-refractivity contribution < 1.29 is 9.53 Å². The maximum absolute atomic E-state index is 12.6. The van der Waals surface area contributed by atoms with Crippen LogP contribution in [0.15, 0.2) is 48.5 Å². The van der Waals surface area contributed by atoms with E-state index in [-0.39, 0.29) is 21.9 Å². The smallest absolute Gasteiger partial charge is 0.346 e. The highest BCUT2D eigenvalue weighted by Gasteiger charge is 2.23. The highest BCUT2D eigenvalue weighted by Crippen LogP contribution is 2.30. The van der Waals surface area contributed by atoms with Gasteiger partial charge in [0.2, 0.25) is 5.88 Å². The molecule has 0 atom stereocenters. The van der Waals surface area contributed by atoms with E-state index >= 15 is 0 Å². The van der Waals surface area contributed by atoms with Crippen molar-refractivity contribution in [3.8, 4) is 11.6 Å². The van der Waals surface area contributed by atoms with E-state index in [1.54, 1.807) is 35.0 Å². The second-order valence-corrected chi connectivity index (χ2v) is 8.30. The number of hydrogen-bond donors (Lipinski definition) is 0. The van der Waals surface area contributed by atoms with Gasteiger partial charge in [-0.3, -0.25) is 0 Å². The minimum atomic E-state index is -0.597. The van der Waals surface area contributed by atoms with Crippen LogP contribution in [0, 0.1) is 0 Å². The predicted octanol–water partition coefficient (Wildman–Crippen LogP) is 6.35. The van der Waals surface area contributed by atoms with Crippen molar-refractivity contribution in [2.75, 3.05) is 0 Å². The maximum atomic E-state index is 12.6. The third-order valence-corrected chi connectivity index (χ3v) is 4.63. The third kappa shape index (κ3) is 4.46. The van der Waals surface area contributed by atoms with E-state index in [1.165, 1.54) is 12.1 Å². The molecule has 0 aliphatic rings. The second-order valence-electron chi connectivity index (χ2n) is 7.02. The molecule has 3 aromatic rings. The van der Waals surface area contributed by atoms with Crippen molar-refractivity contribution in [1.82, 2.24) is 9.78 Å². The maximum Gasteiger partial charge on any atom is 0.346 e. The van der Waals surface area contributed by atoms with Gasteiger partial charge >= 0.3 is 5.97 Å². The van der Waals surface area contributed by atoms with Gasteiger partial charge in [-0.15, -0.1) is 0 Å². The monoisotopic (exact) mass is 422 g/mol. The molecule has 0 saturated carbocycles. The number of aromatic nitrogens is 2. The van der Waals surface area contributed by atoms with E-state index in [2.05, 4.69) is 5.10 Å². The molecule has 7 heteroatoms. The predicted molar refractivity (Wildman–Crippen MR) is 109 cm³/mol. The van der Waals surface area contributed by atoms with Crippen LogP contribution in [0.2, 0.25) is 15.1 Å². The standard InChI is InChI=1S/C20H17Cl3N2O2/c1-20(2,3)17-11-18(25(24-17)14-6-4-5-12(21)9-14)27-19(26)15-8-7-13(22)10-16(15)23/h4-11H,1-3H3. The Morgan fingerprint density at radius 2 is 1.70 bits per heavy atom. The molecule has 4 nitrogen and oxygen atoms in total. The Bertz CT molecular complexity index is 1010. The molecular weight excluding hydrogens is 407 g/mol. The quantitative estimate of drug-likeness (QED) is 0.461. The number of benzene rings is 2. The van der Waals surface area contributed by atoms with E-state index in [0.717, 1.165) is 5.69 Å². The van der Waals surface area contributed by atoms with Crippen LogP contribution >= 0.6 is 34.8 Å². The zero-order valence-electron chi connectivity index (χ0n) is 15.0. The van der Waals surface area contributed by atoms with Crippen molar-refractivity contribution in [3.63, 3.8) is 0 Å². The molecule has 0 spiro atoms. The number of ether oxygens (including phenoxy) is 1. The first-order chi connectivity index (χ1) is 12.6. The molecule has 0 N–H and O–H groups in total. The molecule has 0 bridgehead atoms. The number of carbonyl (C=O) groups excluding carboxylic acids is 1. The molecule has 2 aromatic carbocycles. The van der Waals surface area contributed by atoms with E-state index in [0.29, 0.717) is 15.7 Å². The highest BCUT2D eigenvalue weighted by molar-refractivity contribution is 6.36. The van der Waals surface area contributed by atoms with E-state index in [1.807, 2.05) is 26.8 Å². The molecule has 0 aliphatic heterocycles. The van der Waals surface area contributed by atoms with E-state index < -0.39 is 5.97 Å². The van der Waals surface area contributed by atoms with Crippen LogP contribution in [-0.2, 0) is 5.41 Å². The van der Waals surface area contributed by atoms with E-state index in [4.69, 9.17) is 39.5 Å². The average molecular weight is 424 g/mol. The summed E-state index contributed by atoms with van der Waals surface area (Å²) in [5, 5.41) is 5.82. The van der Waals surface area contributed by atoms with Gasteiger partial charge in [0.15, 0.2) is 0 Å². The number of nitrogens with zero attached hydrogens (tertiary/aromatic N) is 2. The summed E-state index contributed by atoms with van der Waals surface area (Å²) >= 11 is 18.1. The summed E-state index contributed by atoms with van der Waals surface area (Å²) in [7, 11) is 0. The number of hydrogen-bond acceptors (Lipinski definition) is 3. The lowest BCUT2D eigenvalue weighted by Crippen LogP contribution is -2.13. The second kappa shape index (κ2) is 7.55. The highest BCUT2D eigenvalue weighted by atomic mass is 35.5. The van der Waals surface area contributed by atoms with Crippen molar-refractivity contribution in [2.24, 2.45) is 0 Å². The topological polar surface area (TPSA) is 44.1 Å². The molecule has 0 radical (unpaired) electrons. The molecule has 140 valence electrons. The fourth-order valence-electron chi connectivity index (χ4n) is 2.40. The number of halogens is 3. The SMILES string of the molecule is CC(C)(C)c1cc(OC(=O)c2ccc(Cl)cc2Cl)n(-c2cccc(Cl)c2)n1. The van der Waals surface area contributed by atoms with Crippen LogP contribution in [0.4, 0.5) is 0 Å². The summed E-state index contributed by atoms with van der Waals surface area (Å²) in [6.07, 6.45) is 0. The van der Waals surface area contributed by atoms with Crippen molar-refractivity contribution in [3.05, 3.63) is 74.9 Å². The molecule has 1 aromatic heterocycles. The van der Waals surface area contributed by atoms with Gasteiger partial charge in [-0.05, 0) is 36.4 Å². The zero-order valence-corrected chi connectivity index (χ0v) is 17.2. The minimum Gasteiger partial charge on any atom is -0.404 e. The third-order valence-electron chi connectivity index (χ3n) is 3.85. The average Bonchev–Trinajstić information content (AvgIpc) is 2.98. The largest absolute Gasteiger partial charge is 0.404 e. The molecule has 0 unspecified atom stereocenters. The number of esters is 1. The van der Waals surface area contributed by atoms with Gasteiger partial charge in [-0.25, -0.2) is 9.48 Å². The van der Waals surface area contributed by atoms with E-state index in [9.17, 15) is 4.79 Å². The van der Waals surface area contributed by atoms with Gasteiger partial charge in [0.25, 0.3) is 0 Å². The van der Waals surface area contributed by atoms with Gasteiger partial charge in [0.1, 0.15) is 0 Å². The fourth-order valence-corrected chi connectivity index (χ4v) is 3.07. The van der Waals surface area contributed by atoms with Crippen LogP contribution in [0.1, 0.15) is 36.8 Å². The normalized spacial score (nSPS) is 11.5. The summed E-state index contributed by atoms with van der Waals surface area (Å²) in [5.41, 5.74) is 1.44. The number of rotatable bonds is 3. The van der Waals surface area contributed by atoms with Crippen molar-refractivity contribution in [2.45, 2.75) is 26.2 Å². The Kier molecular flexibility index (Phi) is 5.52. The van der Waals surface area contributed by atoms with Crippen molar-refractivity contribution >= 4 is 40.8 Å². The van der Waals surface area contributed by atoms with Crippen LogP contribution in [-0.4, -0.2) is 15.7 Å². The van der Waals surface area contributed by atoms with Crippen LogP contribution < -0.4 is 4.74 Å². The Hall–Kier alpha value is -2.01. The van der Waals surface area contributed by atoms with Gasteiger partial charge in [0, 0.05) is 21.5 Å². The lowest BCUT2D eigenvalue weighted by atomic mass is 9.93. The van der Waals surface area contributed by atoms with Gasteiger partial charge in [0.05, 0.1) is 22.0 Å².